The van der Waals surface area contributed by atoms with Crippen molar-refractivity contribution in [3.63, 3.8) is 0 Å². The predicted molar refractivity (Wildman–Crippen MR) is 134 cm³/mol. The van der Waals surface area contributed by atoms with Gasteiger partial charge in [0.05, 0.1) is 18.1 Å². The Kier molecular flexibility index (Phi) is 10.5. The lowest BCUT2D eigenvalue weighted by Gasteiger charge is -2.26. The number of hydrogen-bond acceptors (Lipinski definition) is 5. The van der Waals surface area contributed by atoms with Crippen molar-refractivity contribution in [3.05, 3.63) is 41.0 Å². The van der Waals surface area contributed by atoms with E-state index in [-0.39, 0.29) is 27.9 Å². The summed E-state index contributed by atoms with van der Waals surface area (Å²) < 4.78 is 33.0. The van der Waals surface area contributed by atoms with Crippen LogP contribution in [-0.4, -0.2) is 66.2 Å². The maximum absolute atomic E-state index is 12.6. The standard InChI is InChI=1S/C19H26I2N4O4S/c1-14(21)18(10-20)16(11-22)13-24-19(26)23-12-15-2-4-17(5-3-15)30(27,28)25-6-8-29-9-7-25/h2-5,11,14,22H,6-10,12-13H2,1H3,(H2,23,24,26)/b18-16+,22-11?. The molecule has 1 fully saturated rings. The number of allylic oxidation sites excluding steroid dienone is 1. The van der Waals surface area contributed by atoms with Gasteiger partial charge in [0, 0.05) is 40.7 Å². The number of morpholine rings is 1. The zero-order valence-corrected chi connectivity index (χ0v) is 21.8. The highest BCUT2D eigenvalue weighted by atomic mass is 127. The van der Waals surface area contributed by atoms with Crippen molar-refractivity contribution in [2.75, 3.05) is 37.3 Å². The maximum atomic E-state index is 12.6. The van der Waals surface area contributed by atoms with Crippen molar-refractivity contribution in [2.24, 2.45) is 0 Å². The van der Waals surface area contributed by atoms with E-state index in [1.807, 2.05) is 0 Å². The van der Waals surface area contributed by atoms with E-state index in [4.69, 9.17) is 10.1 Å². The third kappa shape index (κ3) is 7.14. The number of nitrogens with zero attached hydrogens (tertiary/aromatic N) is 1. The second-order valence-corrected chi connectivity index (χ2v) is 11.2. The SMILES string of the molecule is CC(I)/C(CI)=C(\C=N)CNC(=O)NCc1ccc(S(=O)(=O)N2CCOCC2)cc1. The number of amides is 2. The molecule has 1 heterocycles. The van der Waals surface area contributed by atoms with Crippen LogP contribution in [-0.2, 0) is 21.3 Å². The van der Waals surface area contributed by atoms with Crippen LogP contribution >= 0.6 is 45.2 Å². The van der Waals surface area contributed by atoms with Gasteiger partial charge >= 0.3 is 6.03 Å². The number of benzene rings is 1. The summed E-state index contributed by atoms with van der Waals surface area (Å²) in [6.07, 6.45) is 1.29. The van der Waals surface area contributed by atoms with Gasteiger partial charge in [-0.3, -0.25) is 0 Å². The Bertz CT molecular complexity index is 867. The van der Waals surface area contributed by atoms with Crippen LogP contribution in [0.4, 0.5) is 4.79 Å². The van der Waals surface area contributed by atoms with Crippen LogP contribution in [0.25, 0.3) is 0 Å². The average Bonchev–Trinajstić information content (AvgIpc) is 2.75. The summed E-state index contributed by atoms with van der Waals surface area (Å²) in [6.45, 7) is 4.14. The number of halogens is 2. The van der Waals surface area contributed by atoms with E-state index in [1.54, 1.807) is 24.3 Å². The largest absolute Gasteiger partial charge is 0.379 e. The summed E-state index contributed by atoms with van der Waals surface area (Å²) in [6, 6.07) is 6.17. The predicted octanol–water partition coefficient (Wildman–Crippen LogP) is 2.71. The fourth-order valence-corrected chi connectivity index (χ4v) is 6.86. The van der Waals surface area contributed by atoms with Gasteiger partial charge in [0.1, 0.15) is 0 Å². The molecule has 166 valence electrons. The van der Waals surface area contributed by atoms with E-state index >= 15 is 0 Å². The summed E-state index contributed by atoms with van der Waals surface area (Å²) in [5.74, 6) is 0. The van der Waals surface area contributed by atoms with Gasteiger partial charge in [0.15, 0.2) is 0 Å². The Hall–Kier alpha value is -0.770. The Labute approximate surface area is 205 Å². The third-order valence-electron chi connectivity index (χ3n) is 4.63. The number of alkyl halides is 2. The average molecular weight is 660 g/mol. The number of carbonyl (C=O) groups is 1. The lowest BCUT2D eigenvalue weighted by atomic mass is 10.1. The second kappa shape index (κ2) is 12.3. The van der Waals surface area contributed by atoms with E-state index in [2.05, 4.69) is 62.7 Å². The van der Waals surface area contributed by atoms with Crippen molar-refractivity contribution in [3.8, 4) is 0 Å². The first-order chi connectivity index (χ1) is 14.3. The summed E-state index contributed by atoms with van der Waals surface area (Å²) >= 11 is 4.56. The Morgan fingerprint density at radius 3 is 2.43 bits per heavy atom. The normalized spacial score (nSPS) is 17.0. The van der Waals surface area contributed by atoms with Crippen molar-refractivity contribution in [2.45, 2.75) is 22.3 Å². The van der Waals surface area contributed by atoms with Crippen LogP contribution in [0.3, 0.4) is 0 Å². The fraction of sp³-hybridized carbons (Fsp3) is 0.474. The first-order valence-corrected chi connectivity index (χ1v) is 13.6. The van der Waals surface area contributed by atoms with Crippen molar-refractivity contribution in [1.29, 1.82) is 5.41 Å². The molecule has 11 heteroatoms. The highest BCUT2D eigenvalue weighted by molar-refractivity contribution is 14.1. The van der Waals surface area contributed by atoms with Crippen molar-refractivity contribution < 1.29 is 17.9 Å². The number of ether oxygens (including phenoxy) is 1. The van der Waals surface area contributed by atoms with Gasteiger partial charge in [-0.15, -0.1) is 0 Å². The molecule has 0 aromatic heterocycles. The van der Waals surface area contributed by atoms with Crippen molar-refractivity contribution in [1.82, 2.24) is 14.9 Å². The van der Waals surface area contributed by atoms with Gasteiger partial charge < -0.3 is 20.8 Å². The number of carbonyl (C=O) groups excluding carboxylic acids is 1. The molecule has 0 radical (unpaired) electrons. The molecular formula is C19H26I2N4O4S. The van der Waals surface area contributed by atoms with E-state index in [1.165, 1.54) is 10.5 Å². The molecule has 1 saturated heterocycles. The molecule has 1 atom stereocenters. The van der Waals surface area contributed by atoms with Gasteiger partial charge in [-0.2, -0.15) is 4.31 Å². The molecular weight excluding hydrogens is 634 g/mol. The van der Waals surface area contributed by atoms with E-state index in [9.17, 15) is 13.2 Å². The first kappa shape index (κ1) is 25.5. The molecule has 1 unspecified atom stereocenters. The Morgan fingerprint density at radius 1 is 1.27 bits per heavy atom. The molecule has 1 aromatic rings. The minimum Gasteiger partial charge on any atom is -0.379 e. The molecule has 0 aliphatic carbocycles. The van der Waals surface area contributed by atoms with Gasteiger partial charge in [0.25, 0.3) is 0 Å². The van der Waals surface area contributed by atoms with Gasteiger partial charge in [-0.05, 0) is 35.8 Å². The Morgan fingerprint density at radius 2 is 1.90 bits per heavy atom. The zero-order valence-electron chi connectivity index (χ0n) is 16.7. The lowest BCUT2D eigenvalue weighted by Crippen LogP contribution is -2.40. The van der Waals surface area contributed by atoms with Gasteiger partial charge in [-0.25, -0.2) is 13.2 Å². The molecule has 30 heavy (non-hydrogen) atoms. The second-order valence-electron chi connectivity index (χ2n) is 6.64. The smallest absolute Gasteiger partial charge is 0.315 e. The van der Waals surface area contributed by atoms with Crippen molar-refractivity contribution >= 4 is 67.5 Å². The highest BCUT2D eigenvalue weighted by Crippen LogP contribution is 2.19. The number of urea groups is 1. The maximum Gasteiger partial charge on any atom is 0.315 e. The van der Waals surface area contributed by atoms with Crippen LogP contribution in [0.5, 0.6) is 0 Å². The molecule has 0 bridgehead atoms. The molecule has 0 saturated carbocycles. The quantitative estimate of drug-likeness (QED) is 0.215. The van der Waals surface area contributed by atoms with Crippen LogP contribution in [0.1, 0.15) is 12.5 Å². The van der Waals surface area contributed by atoms with Crippen LogP contribution in [0, 0.1) is 5.41 Å². The number of rotatable bonds is 9. The lowest BCUT2D eigenvalue weighted by molar-refractivity contribution is 0.0730. The van der Waals surface area contributed by atoms with Gasteiger partial charge in [-0.1, -0.05) is 57.3 Å². The molecule has 8 nitrogen and oxygen atoms in total. The minimum atomic E-state index is -3.52. The first-order valence-electron chi connectivity index (χ1n) is 9.40. The topological polar surface area (TPSA) is 112 Å². The number of sulfonamides is 1. The van der Waals surface area contributed by atoms with E-state index < -0.39 is 10.0 Å². The number of nitrogens with one attached hydrogen (secondary N) is 3. The molecule has 0 spiro atoms. The van der Waals surface area contributed by atoms with E-state index in [0.29, 0.717) is 26.3 Å². The summed E-state index contributed by atoms with van der Waals surface area (Å²) in [5, 5.41) is 13.1. The zero-order chi connectivity index (χ0) is 22.1. The van der Waals surface area contributed by atoms with Crippen LogP contribution in [0.2, 0.25) is 0 Å². The third-order valence-corrected chi connectivity index (χ3v) is 8.12. The molecule has 2 amide bonds. The molecule has 3 N–H and O–H groups in total. The van der Waals surface area contributed by atoms with E-state index in [0.717, 1.165) is 21.1 Å². The fourth-order valence-electron chi connectivity index (χ4n) is 2.84. The molecule has 1 aromatic carbocycles. The summed E-state index contributed by atoms with van der Waals surface area (Å²) in [4.78, 5) is 12.3. The van der Waals surface area contributed by atoms with Gasteiger partial charge in [0.2, 0.25) is 10.0 Å². The molecule has 2 rings (SSSR count). The minimum absolute atomic E-state index is 0.234. The highest BCUT2D eigenvalue weighted by Gasteiger charge is 2.26. The summed E-state index contributed by atoms with van der Waals surface area (Å²) in [7, 11) is -3.52. The number of hydrogen-bond donors (Lipinski definition) is 3. The van der Waals surface area contributed by atoms with Crippen LogP contribution in [0.15, 0.2) is 40.3 Å². The molecule has 1 aliphatic heterocycles. The monoisotopic (exact) mass is 660 g/mol. The molecule has 1 aliphatic rings. The summed E-state index contributed by atoms with van der Waals surface area (Å²) in [5.41, 5.74) is 2.73. The van der Waals surface area contributed by atoms with Crippen LogP contribution < -0.4 is 10.6 Å². The Balaban J connectivity index is 1.90.